The van der Waals surface area contributed by atoms with Crippen molar-refractivity contribution in [3.63, 3.8) is 0 Å². The van der Waals surface area contributed by atoms with Crippen LogP contribution in [0.4, 0.5) is 0 Å². The summed E-state index contributed by atoms with van der Waals surface area (Å²) in [7, 11) is -2.94. The van der Waals surface area contributed by atoms with Gasteiger partial charge in [0, 0.05) is 18.6 Å². The summed E-state index contributed by atoms with van der Waals surface area (Å²) in [6.45, 7) is 0. The minimum Gasteiger partial charge on any atom is -0.374 e. The van der Waals surface area contributed by atoms with Crippen LogP contribution in [0.15, 0.2) is 0 Å². The maximum atomic E-state index is 11.8. The van der Waals surface area contributed by atoms with Gasteiger partial charge in [0.1, 0.15) is 15.6 Å². The van der Waals surface area contributed by atoms with Crippen LogP contribution < -0.4 is 0 Å². The number of ether oxygens (including phenoxy) is 1. The quantitative estimate of drug-likeness (QED) is 0.724. The number of hydrogen-bond acceptors (Lipinski definition) is 4. The second kappa shape index (κ2) is 4.45. The highest BCUT2D eigenvalue weighted by molar-refractivity contribution is 7.90. The fraction of sp³-hybridized carbons (Fsp3) is 0.909. The topological polar surface area (TPSA) is 60.4 Å². The largest absolute Gasteiger partial charge is 0.374 e. The molecule has 0 aromatic carbocycles. The standard InChI is InChI=1S/C11H18O4S/c1-16(13,14)6-2-3-10(12)9-7-8-4-5-11(9)15-8/h8-9,11H,2-7H2,1H3. The number of Topliss-reactive ketones (excluding diaryl/α,β-unsaturated/α-hetero) is 1. The maximum Gasteiger partial charge on any atom is 0.147 e. The van der Waals surface area contributed by atoms with Crippen molar-refractivity contribution in [1.82, 2.24) is 0 Å². The van der Waals surface area contributed by atoms with Crippen molar-refractivity contribution in [2.75, 3.05) is 12.0 Å². The first-order chi connectivity index (χ1) is 7.46. The molecule has 3 unspecified atom stereocenters. The van der Waals surface area contributed by atoms with Gasteiger partial charge in [0.25, 0.3) is 0 Å². The Morgan fingerprint density at radius 1 is 1.38 bits per heavy atom. The Hall–Kier alpha value is -0.420. The molecule has 3 atom stereocenters. The third-order valence-electron chi connectivity index (χ3n) is 3.46. The van der Waals surface area contributed by atoms with Crippen LogP contribution in [0, 0.1) is 5.92 Å². The molecule has 0 N–H and O–H groups in total. The van der Waals surface area contributed by atoms with Gasteiger partial charge in [-0.1, -0.05) is 0 Å². The number of carbonyl (C=O) groups excluding carboxylic acids is 1. The first-order valence-corrected chi connectivity index (χ1v) is 7.87. The lowest BCUT2D eigenvalue weighted by molar-refractivity contribution is -0.124. The first-order valence-electron chi connectivity index (χ1n) is 5.81. The summed E-state index contributed by atoms with van der Waals surface area (Å²) < 4.78 is 27.5. The summed E-state index contributed by atoms with van der Waals surface area (Å²) in [5.74, 6) is 0.342. The van der Waals surface area contributed by atoms with Gasteiger partial charge in [0.15, 0.2) is 0 Å². The fourth-order valence-electron chi connectivity index (χ4n) is 2.67. The number of carbonyl (C=O) groups is 1. The van der Waals surface area contributed by atoms with Crippen LogP contribution in [0.2, 0.25) is 0 Å². The van der Waals surface area contributed by atoms with Crippen LogP contribution >= 0.6 is 0 Å². The molecule has 2 fully saturated rings. The summed E-state index contributed by atoms with van der Waals surface area (Å²) in [6.07, 6.45) is 5.37. The molecule has 0 spiro atoms. The molecule has 5 heteroatoms. The van der Waals surface area contributed by atoms with E-state index in [2.05, 4.69) is 0 Å². The summed E-state index contributed by atoms with van der Waals surface area (Å²) in [5, 5.41) is 0. The van der Waals surface area contributed by atoms with Crippen molar-refractivity contribution in [3.8, 4) is 0 Å². The number of sulfone groups is 1. The van der Waals surface area contributed by atoms with Crippen LogP contribution in [0.25, 0.3) is 0 Å². The Labute approximate surface area is 96.3 Å². The SMILES string of the molecule is CS(=O)(=O)CCCC(=O)C1CC2CCC1O2. The second-order valence-corrected chi connectivity index (χ2v) is 7.18. The van der Waals surface area contributed by atoms with Crippen LogP contribution in [0.3, 0.4) is 0 Å². The average molecular weight is 246 g/mol. The van der Waals surface area contributed by atoms with E-state index in [0.29, 0.717) is 12.8 Å². The minimum absolute atomic E-state index is 0.0401. The van der Waals surface area contributed by atoms with Gasteiger partial charge in [-0.3, -0.25) is 4.79 Å². The lowest BCUT2D eigenvalue weighted by atomic mass is 9.85. The zero-order valence-corrected chi connectivity index (χ0v) is 10.3. The fourth-order valence-corrected chi connectivity index (χ4v) is 3.34. The van der Waals surface area contributed by atoms with E-state index in [9.17, 15) is 13.2 Å². The predicted octanol–water partition coefficient (Wildman–Crippen LogP) is 0.948. The zero-order valence-electron chi connectivity index (χ0n) is 9.52. The predicted molar refractivity (Wildman–Crippen MR) is 60.0 cm³/mol. The van der Waals surface area contributed by atoms with Gasteiger partial charge in [-0.25, -0.2) is 8.42 Å². The van der Waals surface area contributed by atoms with Gasteiger partial charge in [-0.05, 0) is 25.7 Å². The van der Waals surface area contributed by atoms with E-state index >= 15 is 0 Å². The van der Waals surface area contributed by atoms with Gasteiger partial charge in [0.2, 0.25) is 0 Å². The second-order valence-electron chi connectivity index (χ2n) is 4.92. The van der Waals surface area contributed by atoms with E-state index in [-0.39, 0.29) is 29.7 Å². The van der Waals surface area contributed by atoms with E-state index in [1.807, 2.05) is 0 Å². The molecular weight excluding hydrogens is 228 g/mol. The number of hydrogen-bond donors (Lipinski definition) is 0. The Kier molecular flexibility index (Phi) is 3.35. The molecule has 0 amide bonds. The van der Waals surface area contributed by atoms with E-state index in [1.165, 1.54) is 6.26 Å². The first kappa shape index (κ1) is 12.0. The minimum atomic E-state index is -2.94. The number of ketones is 1. The number of rotatable bonds is 5. The summed E-state index contributed by atoms with van der Waals surface area (Å²) in [4.78, 5) is 11.8. The molecule has 2 aliphatic rings. The normalized spacial score (nSPS) is 33.2. The smallest absolute Gasteiger partial charge is 0.147 e. The lowest BCUT2D eigenvalue weighted by Gasteiger charge is -2.16. The Morgan fingerprint density at radius 2 is 2.12 bits per heavy atom. The maximum absolute atomic E-state index is 11.8. The van der Waals surface area contributed by atoms with Crippen LogP contribution in [0.5, 0.6) is 0 Å². The van der Waals surface area contributed by atoms with Crippen molar-refractivity contribution in [2.24, 2.45) is 5.92 Å². The van der Waals surface area contributed by atoms with Gasteiger partial charge in [-0.2, -0.15) is 0 Å². The summed E-state index contributed by atoms with van der Waals surface area (Å²) in [5.41, 5.74) is 0. The number of fused-ring (bicyclic) bond motifs is 2. The van der Waals surface area contributed by atoms with Gasteiger partial charge in [0.05, 0.1) is 18.0 Å². The van der Waals surface area contributed by atoms with E-state index < -0.39 is 9.84 Å². The van der Waals surface area contributed by atoms with Crippen molar-refractivity contribution in [2.45, 2.75) is 44.3 Å². The molecule has 0 aliphatic carbocycles. The molecule has 0 aromatic rings. The van der Waals surface area contributed by atoms with Crippen molar-refractivity contribution in [3.05, 3.63) is 0 Å². The Morgan fingerprint density at radius 3 is 2.62 bits per heavy atom. The average Bonchev–Trinajstić information content (AvgIpc) is 2.76. The molecule has 92 valence electrons. The zero-order chi connectivity index (χ0) is 11.8. The van der Waals surface area contributed by atoms with Gasteiger partial charge < -0.3 is 4.74 Å². The molecular formula is C11H18O4S. The molecule has 2 aliphatic heterocycles. The van der Waals surface area contributed by atoms with Gasteiger partial charge >= 0.3 is 0 Å². The van der Waals surface area contributed by atoms with E-state index in [1.54, 1.807) is 0 Å². The van der Waals surface area contributed by atoms with Crippen molar-refractivity contribution in [1.29, 1.82) is 0 Å². The van der Waals surface area contributed by atoms with Crippen LogP contribution in [-0.2, 0) is 19.4 Å². The van der Waals surface area contributed by atoms with Crippen molar-refractivity contribution >= 4 is 15.6 Å². The molecule has 2 rings (SSSR count). The van der Waals surface area contributed by atoms with Gasteiger partial charge in [-0.15, -0.1) is 0 Å². The molecule has 2 saturated heterocycles. The summed E-state index contributed by atoms with van der Waals surface area (Å²) in [6, 6.07) is 0. The molecule has 4 nitrogen and oxygen atoms in total. The van der Waals surface area contributed by atoms with Crippen LogP contribution in [0.1, 0.15) is 32.1 Å². The molecule has 2 bridgehead atoms. The van der Waals surface area contributed by atoms with E-state index in [0.717, 1.165) is 19.3 Å². The molecule has 0 saturated carbocycles. The van der Waals surface area contributed by atoms with Crippen molar-refractivity contribution < 1.29 is 17.9 Å². The molecule has 16 heavy (non-hydrogen) atoms. The molecule has 2 heterocycles. The lowest BCUT2D eigenvalue weighted by Crippen LogP contribution is -2.25. The Balaban J connectivity index is 1.77. The highest BCUT2D eigenvalue weighted by atomic mass is 32.2. The third kappa shape index (κ3) is 2.83. The highest BCUT2D eigenvalue weighted by Gasteiger charge is 2.43. The Bertz CT molecular complexity index is 373. The monoisotopic (exact) mass is 246 g/mol. The summed E-state index contributed by atoms with van der Waals surface area (Å²) >= 11 is 0. The van der Waals surface area contributed by atoms with E-state index in [4.69, 9.17) is 4.74 Å². The molecule has 0 aromatic heterocycles. The molecule has 0 radical (unpaired) electrons. The highest BCUT2D eigenvalue weighted by Crippen LogP contribution is 2.39. The third-order valence-corrected chi connectivity index (χ3v) is 4.49. The van der Waals surface area contributed by atoms with Crippen LogP contribution in [-0.4, -0.2) is 38.4 Å².